The predicted molar refractivity (Wildman–Crippen MR) is 71.7 cm³/mol. The lowest BCUT2D eigenvalue weighted by Gasteiger charge is -2.24. The Morgan fingerprint density at radius 3 is 2.72 bits per heavy atom. The van der Waals surface area contributed by atoms with Gasteiger partial charge in [0.25, 0.3) is 0 Å². The Balaban J connectivity index is 2.06. The normalized spacial score (nSPS) is 15.3. The fourth-order valence-electron chi connectivity index (χ4n) is 2.29. The lowest BCUT2D eigenvalue weighted by Crippen LogP contribution is -2.29. The largest absolute Gasteiger partial charge is 0.478 e. The molecule has 1 aliphatic rings. The number of nitrogens with zero attached hydrogens (tertiary/aromatic N) is 1. The van der Waals surface area contributed by atoms with Crippen molar-refractivity contribution in [3.05, 3.63) is 35.4 Å². The van der Waals surface area contributed by atoms with Crippen molar-refractivity contribution in [3.8, 4) is 0 Å². The molecule has 1 fully saturated rings. The van der Waals surface area contributed by atoms with Crippen LogP contribution in [-0.2, 0) is 6.54 Å². The van der Waals surface area contributed by atoms with Crippen LogP contribution >= 0.6 is 0 Å². The second-order valence-corrected chi connectivity index (χ2v) is 5.56. The first kappa shape index (κ1) is 13.1. The zero-order valence-corrected chi connectivity index (χ0v) is 11.1. The third-order valence-corrected chi connectivity index (χ3v) is 3.22. The van der Waals surface area contributed by atoms with Crippen LogP contribution < -0.4 is 0 Å². The number of carboxylic acids is 1. The smallest absolute Gasteiger partial charge is 0.335 e. The number of benzene rings is 1. The highest BCUT2D eigenvalue weighted by Gasteiger charge is 2.29. The van der Waals surface area contributed by atoms with Crippen LogP contribution in [0.25, 0.3) is 0 Å². The van der Waals surface area contributed by atoms with Gasteiger partial charge in [-0.15, -0.1) is 0 Å². The summed E-state index contributed by atoms with van der Waals surface area (Å²) in [5, 5.41) is 9.00. The lowest BCUT2D eigenvalue weighted by atomic mass is 10.1. The SMILES string of the molecule is CC(C)CN(Cc1cccc(C(=O)O)c1)C1CC1. The molecule has 2 rings (SSSR count). The van der Waals surface area contributed by atoms with Crippen LogP contribution in [0.2, 0.25) is 0 Å². The molecular formula is C15H21NO2. The van der Waals surface area contributed by atoms with E-state index in [1.165, 1.54) is 12.8 Å². The van der Waals surface area contributed by atoms with E-state index in [0.29, 0.717) is 17.5 Å². The van der Waals surface area contributed by atoms with Crippen LogP contribution in [-0.4, -0.2) is 28.6 Å². The molecule has 0 saturated heterocycles. The van der Waals surface area contributed by atoms with Gasteiger partial charge in [-0.05, 0) is 36.5 Å². The van der Waals surface area contributed by atoms with Crippen LogP contribution in [0.3, 0.4) is 0 Å². The standard InChI is InChI=1S/C15H21NO2/c1-11(2)9-16(14-6-7-14)10-12-4-3-5-13(8-12)15(17)18/h3-5,8,11,14H,6-7,9-10H2,1-2H3,(H,17,18). The van der Waals surface area contributed by atoms with Gasteiger partial charge in [0.2, 0.25) is 0 Å². The summed E-state index contributed by atoms with van der Waals surface area (Å²) in [4.78, 5) is 13.4. The van der Waals surface area contributed by atoms with Crippen molar-refractivity contribution in [2.75, 3.05) is 6.54 Å². The number of rotatable bonds is 6. The molecule has 0 radical (unpaired) electrons. The third-order valence-electron chi connectivity index (χ3n) is 3.22. The van der Waals surface area contributed by atoms with Gasteiger partial charge in [-0.25, -0.2) is 4.79 Å². The highest BCUT2D eigenvalue weighted by atomic mass is 16.4. The summed E-state index contributed by atoms with van der Waals surface area (Å²) in [6, 6.07) is 8.00. The van der Waals surface area contributed by atoms with Crippen LogP contribution in [0.5, 0.6) is 0 Å². The molecule has 0 amide bonds. The fraction of sp³-hybridized carbons (Fsp3) is 0.533. The quantitative estimate of drug-likeness (QED) is 0.840. The van der Waals surface area contributed by atoms with Gasteiger partial charge < -0.3 is 5.11 Å². The number of hydrogen-bond donors (Lipinski definition) is 1. The molecule has 98 valence electrons. The summed E-state index contributed by atoms with van der Waals surface area (Å²) in [7, 11) is 0. The first-order valence-electron chi connectivity index (χ1n) is 6.62. The monoisotopic (exact) mass is 247 g/mol. The van der Waals surface area contributed by atoms with Gasteiger partial charge in [-0.3, -0.25) is 4.90 Å². The number of carboxylic acid groups (broad SMARTS) is 1. The van der Waals surface area contributed by atoms with E-state index >= 15 is 0 Å². The van der Waals surface area contributed by atoms with E-state index in [2.05, 4.69) is 18.7 Å². The van der Waals surface area contributed by atoms with Crippen molar-refractivity contribution in [2.24, 2.45) is 5.92 Å². The van der Waals surface area contributed by atoms with E-state index in [4.69, 9.17) is 5.11 Å². The third kappa shape index (κ3) is 3.57. The van der Waals surface area contributed by atoms with Gasteiger partial charge in [-0.2, -0.15) is 0 Å². The molecule has 1 aliphatic carbocycles. The zero-order chi connectivity index (χ0) is 13.1. The Morgan fingerprint density at radius 2 is 2.17 bits per heavy atom. The highest BCUT2D eigenvalue weighted by Crippen LogP contribution is 2.29. The van der Waals surface area contributed by atoms with Gasteiger partial charge in [0.15, 0.2) is 0 Å². The van der Waals surface area contributed by atoms with E-state index in [0.717, 1.165) is 18.7 Å². The van der Waals surface area contributed by atoms with E-state index in [9.17, 15) is 4.79 Å². The van der Waals surface area contributed by atoms with Crippen molar-refractivity contribution in [1.82, 2.24) is 4.90 Å². The van der Waals surface area contributed by atoms with E-state index < -0.39 is 5.97 Å². The molecule has 0 heterocycles. The molecule has 1 N–H and O–H groups in total. The van der Waals surface area contributed by atoms with Crippen molar-refractivity contribution in [1.29, 1.82) is 0 Å². The van der Waals surface area contributed by atoms with E-state index in [1.54, 1.807) is 12.1 Å². The van der Waals surface area contributed by atoms with Gasteiger partial charge in [0, 0.05) is 19.1 Å². The Labute approximate surface area is 108 Å². The second kappa shape index (κ2) is 5.53. The maximum Gasteiger partial charge on any atom is 0.335 e. The maximum atomic E-state index is 10.9. The Kier molecular flexibility index (Phi) is 4.02. The van der Waals surface area contributed by atoms with Crippen LogP contribution in [0.4, 0.5) is 0 Å². The molecular weight excluding hydrogens is 226 g/mol. The van der Waals surface area contributed by atoms with Gasteiger partial charge >= 0.3 is 5.97 Å². The molecule has 3 nitrogen and oxygen atoms in total. The van der Waals surface area contributed by atoms with Crippen LogP contribution in [0, 0.1) is 5.92 Å². The molecule has 0 bridgehead atoms. The summed E-state index contributed by atoms with van der Waals surface area (Å²) < 4.78 is 0. The van der Waals surface area contributed by atoms with Gasteiger partial charge in [-0.1, -0.05) is 26.0 Å². The van der Waals surface area contributed by atoms with Gasteiger partial charge in [0.1, 0.15) is 0 Å². The highest BCUT2D eigenvalue weighted by molar-refractivity contribution is 5.87. The molecule has 0 spiro atoms. The van der Waals surface area contributed by atoms with Crippen molar-refractivity contribution >= 4 is 5.97 Å². The summed E-state index contributed by atoms with van der Waals surface area (Å²) >= 11 is 0. The molecule has 0 aromatic heterocycles. The van der Waals surface area contributed by atoms with E-state index in [-0.39, 0.29) is 0 Å². The average molecular weight is 247 g/mol. The number of hydrogen-bond acceptors (Lipinski definition) is 2. The van der Waals surface area contributed by atoms with Crippen LogP contribution in [0.15, 0.2) is 24.3 Å². The van der Waals surface area contributed by atoms with Gasteiger partial charge in [0.05, 0.1) is 5.56 Å². The lowest BCUT2D eigenvalue weighted by molar-refractivity contribution is 0.0696. The summed E-state index contributed by atoms with van der Waals surface area (Å²) in [6.07, 6.45) is 2.57. The zero-order valence-electron chi connectivity index (χ0n) is 11.1. The Bertz CT molecular complexity index is 424. The number of aromatic carboxylic acids is 1. The molecule has 18 heavy (non-hydrogen) atoms. The minimum atomic E-state index is -0.848. The van der Waals surface area contributed by atoms with Crippen molar-refractivity contribution < 1.29 is 9.90 Å². The topological polar surface area (TPSA) is 40.5 Å². The Morgan fingerprint density at radius 1 is 1.44 bits per heavy atom. The first-order chi connectivity index (χ1) is 8.56. The number of carbonyl (C=O) groups is 1. The molecule has 3 heteroatoms. The summed E-state index contributed by atoms with van der Waals surface area (Å²) in [6.45, 7) is 6.40. The maximum absolute atomic E-state index is 10.9. The molecule has 0 unspecified atom stereocenters. The molecule has 1 aromatic rings. The minimum absolute atomic E-state index is 0.382. The molecule has 0 atom stereocenters. The van der Waals surface area contributed by atoms with Crippen molar-refractivity contribution in [3.63, 3.8) is 0 Å². The summed E-state index contributed by atoms with van der Waals surface area (Å²) in [5.41, 5.74) is 1.48. The Hall–Kier alpha value is -1.35. The van der Waals surface area contributed by atoms with E-state index in [1.807, 2.05) is 12.1 Å². The predicted octanol–water partition coefficient (Wildman–Crippen LogP) is 3.01. The summed E-state index contributed by atoms with van der Waals surface area (Å²) in [5.74, 6) is -0.202. The average Bonchev–Trinajstić information content (AvgIpc) is 3.11. The second-order valence-electron chi connectivity index (χ2n) is 5.56. The minimum Gasteiger partial charge on any atom is -0.478 e. The first-order valence-corrected chi connectivity index (χ1v) is 6.62. The molecule has 1 aromatic carbocycles. The molecule has 0 aliphatic heterocycles. The fourth-order valence-corrected chi connectivity index (χ4v) is 2.29. The van der Waals surface area contributed by atoms with Crippen LogP contribution in [0.1, 0.15) is 42.6 Å². The molecule has 1 saturated carbocycles. The van der Waals surface area contributed by atoms with Crippen molar-refractivity contribution in [2.45, 2.75) is 39.3 Å².